The highest BCUT2D eigenvalue weighted by Crippen LogP contribution is 2.39. The molecule has 1 aliphatic heterocycles. The molecule has 4 rings (SSSR count). The number of nitrogens with one attached hydrogen (secondary N) is 1. The normalized spacial score (nSPS) is 16.7. The summed E-state index contributed by atoms with van der Waals surface area (Å²) in [5, 5.41) is 6.07. The molecule has 1 N–H and O–H groups in total. The number of aromatic nitrogens is 2. The molecule has 0 aliphatic carbocycles. The number of hydrogen-bond acceptors (Lipinski definition) is 6. The van der Waals surface area contributed by atoms with Crippen LogP contribution >= 0.6 is 11.3 Å². The van der Waals surface area contributed by atoms with Gasteiger partial charge in [0, 0.05) is 31.1 Å². The third-order valence-electron chi connectivity index (χ3n) is 4.83. The molecule has 0 bridgehead atoms. The maximum absolute atomic E-state index is 12.4. The highest BCUT2D eigenvalue weighted by atomic mass is 32.1. The van der Waals surface area contributed by atoms with Gasteiger partial charge in [0.2, 0.25) is 5.91 Å². The first-order valence-electron chi connectivity index (χ1n) is 9.09. The SMILES string of the molecule is CCN(c1nc(COC)nc2scc(-c3ccccc3)c12)[C@H]1CCNC1=O. The number of methoxy groups -OCH3 is 1. The van der Waals surface area contributed by atoms with Crippen molar-refractivity contribution < 1.29 is 9.53 Å². The van der Waals surface area contributed by atoms with Gasteiger partial charge in [-0.3, -0.25) is 4.79 Å². The fourth-order valence-corrected chi connectivity index (χ4v) is 4.55. The van der Waals surface area contributed by atoms with Crippen LogP contribution in [0.5, 0.6) is 0 Å². The Balaban J connectivity index is 1.92. The van der Waals surface area contributed by atoms with Gasteiger partial charge < -0.3 is 15.0 Å². The summed E-state index contributed by atoms with van der Waals surface area (Å²) in [6.07, 6.45) is 0.780. The standard InChI is InChI=1S/C20H22N4O2S/c1-3-24(15-9-10-21-19(15)25)18-17-14(13-7-5-4-6-8-13)12-27-20(17)23-16(22-18)11-26-2/h4-8,12,15H,3,9-11H2,1-2H3,(H,21,25)/t15-/m0/s1. The summed E-state index contributed by atoms with van der Waals surface area (Å²) >= 11 is 1.60. The Labute approximate surface area is 162 Å². The molecule has 140 valence electrons. The van der Waals surface area contributed by atoms with Crippen LogP contribution in [-0.2, 0) is 16.1 Å². The summed E-state index contributed by atoms with van der Waals surface area (Å²) in [4.78, 5) is 24.9. The van der Waals surface area contributed by atoms with E-state index in [4.69, 9.17) is 9.72 Å². The van der Waals surface area contributed by atoms with E-state index in [1.54, 1.807) is 18.4 Å². The van der Waals surface area contributed by atoms with Crippen LogP contribution in [0.3, 0.4) is 0 Å². The van der Waals surface area contributed by atoms with Crippen LogP contribution in [0.25, 0.3) is 21.3 Å². The Hall–Kier alpha value is -2.51. The van der Waals surface area contributed by atoms with Gasteiger partial charge in [-0.2, -0.15) is 0 Å². The number of ether oxygens (including phenoxy) is 1. The van der Waals surface area contributed by atoms with Crippen molar-refractivity contribution in [1.82, 2.24) is 15.3 Å². The topological polar surface area (TPSA) is 67.3 Å². The van der Waals surface area contributed by atoms with Gasteiger partial charge in [-0.25, -0.2) is 9.97 Å². The van der Waals surface area contributed by atoms with Gasteiger partial charge in [-0.05, 0) is 18.9 Å². The van der Waals surface area contributed by atoms with Crippen LogP contribution in [0.15, 0.2) is 35.7 Å². The lowest BCUT2D eigenvalue weighted by atomic mass is 10.1. The van der Waals surface area contributed by atoms with E-state index in [-0.39, 0.29) is 11.9 Å². The molecule has 0 spiro atoms. The van der Waals surface area contributed by atoms with Crippen LogP contribution in [-0.4, -0.2) is 42.1 Å². The minimum absolute atomic E-state index is 0.0633. The van der Waals surface area contributed by atoms with E-state index in [2.05, 4.69) is 39.6 Å². The van der Waals surface area contributed by atoms with Crippen molar-refractivity contribution in [3.63, 3.8) is 0 Å². The smallest absolute Gasteiger partial charge is 0.242 e. The summed E-state index contributed by atoms with van der Waals surface area (Å²) in [6, 6.07) is 10.0. The van der Waals surface area contributed by atoms with Crippen LogP contribution < -0.4 is 10.2 Å². The average molecular weight is 382 g/mol. The number of nitrogens with zero attached hydrogens (tertiary/aromatic N) is 3. The maximum atomic E-state index is 12.4. The van der Waals surface area contributed by atoms with Gasteiger partial charge in [-0.1, -0.05) is 30.3 Å². The van der Waals surface area contributed by atoms with E-state index >= 15 is 0 Å². The summed E-state index contributed by atoms with van der Waals surface area (Å²) in [5.74, 6) is 1.52. The average Bonchev–Trinajstić information content (AvgIpc) is 3.30. The van der Waals surface area contributed by atoms with Gasteiger partial charge in [0.05, 0.1) is 5.39 Å². The fourth-order valence-electron chi connectivity index (χ4n) is 3.59. The number of thiophene rings is 1. The lowest BCUT2D eigenvalue weighted by molar-refractivity contribution is -0.120. The zero-order valence-corrected chi connectivity index (χ0v) is 16.3. The summed E-state index contributed by atoms with van der Waals surface area (Å²) < 4.78 is 5.27. The molecule has 27 heavy (non-hydrogen) atoms. The molecule has 0 radical (unpaired) electrons. The highest BCUT2D eigenvalue weighted by molar-refractivity contribution is 7.17. The second-order valence-electron chi connectivity index (χ2n) is 6.47. The molecule has 1 aliphatic rings. The van der Waals surface area contributed by atoms with Crippen molar-refractivity contribution in [2.75, 3.05) is 25.1 Å². The molecule has 6 nitrogen and oxygen atoms in total. The number of hydrogen-bond donors (Lipinski definition) is 1. The van der Waals surface area contributed by atoms with Crippen molar-refractivity contribution in [3.05, 3.63) is 41.5 Å². The number of fused-ring (bicyclic) bond motifs is 1. The van der Waals surface area contributed by atoms with Gasteiger partial charge in [-0.15, -0.1) is 11.3 Å². The predicted octanol–water partition coefficient (Wildman–Crippen LogP) is 3.22. The maximum Gasteiger partial charge on any atom is 0.242 e. The molecular weight excluding hydrogens is 360 g/mol. The summed E-state index contributed by atoms with van der Waals surface area (Å²) in [6.45, 7) is 3.80. The Morgan fingerprint density at radius 3 is 2.78 bits per heavy atom. The van der Waals surface area contributed by atoms with E-state index in [9.17, 15) is 4.79 Å². The lowest BCUT2D eigenvalue weighted by Crippen LogP contribution is -2.41. The molecule has 1 amide bonds. The summed E-state index contributed by atoms with van der Waals surface area (Å²) in [5.41, 5.74) is 2.23. The van der Waals surface area contributed by atoms with Crippen LogP contribution in [0.1, 0.15) is 19.2 Å². The van der Waals surface area contributed by atoms with E-state index in [1.807, 2.05) is 18.2 Å². The third kappa shape index (κ3) is 3.28. The van der Waals surface area contributed by atoms with Crippen LogP contribution in [0, 0.1) is 0 Å². The first kappa shape index (κ1) is 17.9. The predicted molar refractivity (Wildman–Crippen MR) is 108 cm³/mol. The molecule has 0 saturated carbocycles. The molecule has 3 heterocycles. The molecular formula is C20H22N4O2S. The molecule has 1 atom stereocenters. The fraction of sp³-hybridized carbons (Fsp3) is 0.350. The van der Waals surface area contributed by atoms with E-state index in [0.29, 0.717) is 25.5 Å². The largest absolute Gasteiger partial charge is 0.377 e. The molecule has 7 heteroatoms. The Bertz CT molecular complexity index is 957. The number of rotatable bonds is 6. The zero-order chi connectivity index (χ0) is 18.8. The van der Waals surface area contributed by atoms with E-state index in [0.717, 1.165) is 33.6 Å². The number of amides is 1. The van der Waals surface area contributed by atoms with Gasteiger partial charge in [0.1, 0.15) is 23.3 Å². The summed E-state index contributed by atoms with van der Waals surface area (Å²) in [7, 11) is 1.64. The minimum Gasteiger partial charge on any atom is -0.377 e. The van der Waals surface area contributed by atoms with Crippen molar-refractivity contribution in [3.8, 4) is 11.1 Å². The lowest BCUT2D eigenvalue weighted by Gasteiger charge is -2.28. The Morgan fingerprint density at radius 1 is 1.30 bits per heavy atom. The highest BCUT2D eigenvalue weighted by Gasteiger charge is 2.32. The van der Waals surface area contributed by atoms with Crippen LogP contribution in [0.2, 0.25) is 0 Å². The second kappa shape index (κ2) is 7.62. The first-order valence-corrected chi connectivity index (χ1v) is 9.97. The number of benzene rings is 1. The molecule has 2 aromatic heterocycles. The monoisotopic (exact) mass is 382 g/mol. The number of likely N-dealkylation sites (N-methyl/N-ethyl adjacent to an activating group) is 1. The molecule has 1 saturated heterocycles. The van der Waals surface area contributed by atoms with Crippen molar-refractivity contribution in [1.29, 1.82) is 0 Å². The molecule has 3 aromatic rings. The zero-order valence-electron chi connectivity index (χ0n) is 15.4. The van der Waals surface area contributed by atoms with Crippen molar-refractivity contribution in [2.45, 2.75) is 26.0 Å². The quantitative estimate of drug-likeness (QED) is 0.709. The van der Waals surface area contributed by atoms with E-state index in [1.165, 1.54) is 0 Å². The molecule has 0 unspecified atom stereocenters. The molecule has 1 aromatic carbocycles. The Kier molecular flexibility index (Phi) is 5.05. The third-order valence-corrected chi connectivity index (χ3v) is 5.70. The second-order valence-corrected chi connectivity index (χ2v) is 7.33. The Morgan fingerprint density at radius 2 is 2.11 bits per heavy atom. The van der Waals surface area contributed by atoms with Gasteiger partial charge in [0.25, 0.3) is 0 Å². The van der Waals surface area contributed by atoms with Crippen LogP contribution in [0.4, 0.5) is 5.82 Å². The number of carbonyl (C=O) groups is 1. The van der Waals surface area contributed by atoms with Crippen molar-refractivity contribution >= 4 is 33.3 Å². The minimum atomic E-state index is -0.202. The van der Waals surface area contributed by atoms with Crippen molar-refractivity contribution in [2.24, 2.45) is 0 Å². The number of carbonyl (C=O) groups excluding carboxylic acids is 1. The van der Waals surface area contributed by atoms with E-state index < -0.39 is 0 Å². The first-order chi connectivity index (χ1) is 13.2. The molecule has 1 fully saturated rings. The van der Waals surface area contributed by atoms with Gasteiger partial charge in [0.15, 0.2) is 5.82 Å². The van der Waals surface area contributed by atoms with Gasteiger partial charge >= 0.3 is 0 Å². The number of anilines is 1.